The zero-order valence-corrected chi connectivity index (χ0v) is 18.7. The number of fused-ring (bicyclic) bond motifs is 3. The van der Waals surface area contributed by atoms with E-state index < -0.39 is 36.2 Å². The molecule has 4 atom stereocenters. The molecule has 1 aliphatic heterocycles. The van der Waals surface area contributed by atoms with Gasteiger partial charge >= 0.3 is 12.1 Å². The van der Waals surface area contributed by atoms with E-state index in [0.29, 0.717) is 12.8 Å². The number of benzene rings is 2. The lowest BCUT2D eigenvalue weighted by Gasteiger charge is -2.28. The summed E-state index contributed by atoms with van der Waals surface area (Å²) in [5, 5.41) is 22.2. The number of nitrogens with zero attached hydrogens (tertiary/aromatic N) is 1. The Kier molecular flexibility index (Phi) is 6.00. The quantitative estimate of drug-likeness (QED) is 0.627. The molecular weight excluding hydrogens is 436 g/mol. The number of aliphatic hydroxyl groups excluding tert-OH is 1. The van der Waals surface area contributed by atoms with Gasteiger partial charge in [0, 0.05) is 24.9 Å². The van der Waals surface area contributed by atoms with Crippen molar-refractivity contribution in [2.24, 2.45) is 5.92 Å². The van der Waals surface area contributed by atoms with Gasteiger partial charge in [0.05, 0.1) is 12.0 Å². The van der Waals surface area contributed by atoms with Crippen LogP contribution in [-0.4, -0.2) is 64.4 Å². The number of alkyl carbamates (subject to hydrolysis) is 1. The minimum absolute atomic E-state index is 0.00393. The van der Waals surface area contributed by atoms with Crippen molar-refractivity contribution < 1.29 is 29.3 Å². The number of nitrogens with one attached hydrogen (secondary N) is 1. The van der Waals surface area contributed by atoms with Gasteiger partial charge in [-0.15, -0.1) is 0 Å². The second kappa shape index (κ2) is 9.10. The molecule has 3 N–H and O–H groups in total. The van der Waals surface area contributed by atoms with Gasteiger partial charge in [-0.05, 0) is 35.1 Å². The molecule has 2 aromatic carbocycles. The normalized spacial score (nSPS) is 25.6. The van der Waals surface area contributed by atoms with Gasteiger partial charge in [-0.25, -0.2) is 9.59 Å². The van der Waals surface area contributed by atoms with Crippen LogP contribution in [0.5, 0.6) is 0 Å². The number of aliphatic carboxylic acids is 1. The van der Waals surface area contributed by atoms with Gasteiger partial charge in [0.15, 0.2) is 0 Å². The largest absolute Gasteiger partial charge is 0.480 e. The van der Waals surface area contributed by atoms with Gasteiger partial charge in [-0.2, -0.15) is 0 Å². The summed E-state index contributed by atoms with van der Waals surface area (Å²) in [5.74, 6) is -2.02. The Morgan fingerprint density at radius 1 is 1.00 bits per heavy atom. The Balaban J connectivity index is 1.23. The monoisotopic (exact) mass is 464 g/mol. The molecule has 0 bridgehead atoms. The smallest absolute Gasteiger partial charge is 0.407 e. The topological polar surface area (TPSA) is 116 Å². The molecule has 34 heavy (non-hydrogen) atoms. The van der Waals surface area contributed by atoms with Crippen molar-refractivity contribution in [3.8, 4) is 11.1 Å². The van der Waals surface area contributed by atoms with Crippen LogP contribution in [-0.2, 0) is 14.3 Å². The van der Waals surface area contributed by atoms with Crippen molar-refractivity contribution >= 4 is 18.0 Å². The number of carbonyl (C=O) groups is 3. The highest BCUT2D eigenvalue weighted by Gasteiger charge is 2.44. The van der Waals surface area contributed by atoms with Crippen LogP contribution in [0.1, 0.15) is 42.7 Å². The molecule has 1 saturated heterocycles. The summed E-state index contributed by atoms with van der Waals surface area (Å²) in [6.07, 6.45) is 0.528. The molecule has 0 spiro atoms. The van der Waals surface area contributed by atoms with Crippen LogP contribution >= 0.6 is 0 Å². The van der Waals surface area contributed by atoms with Crippen molar-refractivity contribution in [2.45, 2.75) is 49.8 Å². The number of likely N-dealkylation sites (tertiary alicyclic amines) is 1. The molecule has 2 aromatic rings. The lowest BCUT2D eigenvalue weighted by molar-refractivity contribution is -0.150. The molecule has 178 valence electrons. The summed E-state index contributed by atoms with van der Waals surface area (Å²) < 4.78 is 5.62. The van der Waals surface area contributed by atoms with Crippen LogP contribution in [0.25, 0.3) is 11.1 Å². The second-order valence-electron chi connectivity index (χ2n) is 9.35. The summed E-state index contributed by atoms with van der Waals surface area (Å²) in [5.41, 5.74) is 4.54. The molecule has 8 heteroatoms. The number of carbonyl (C=O) groups excluding carboxylic acids is 2. The van der Waals surface area contributed by atoms with E-state index >= 15 is 0 Å². The summed E-state index contributed by atoms with van der Waals surface area (Å²) >= 11 is 0. The molecule has 2 fully saturated rings. The van der Waals surface area contributed by atoms with E-state index in [1.807, 2.05) is 24.3 Å². The van der Waals surface area contributed by atoms with E-state index in [2.05, 4.69) is 29.6 Å². The third kappa shape index (κ3) is 4.03. The predicted octanol–water partition coefficient (Wildman–Crippen LogP) is 2.74. The summed E-state index contributed by atoms with van der Waals surface area (Å²) in [4.78, 5) is 38.6. The SMILES string of the molecule is O=C(NC1CCCC1C(=O)N1C[C@H](O)C[C@H]1C(=O)O)OCC1c2ccccc2-c2ccccc21. The molecule has 0 radical (unpaired) electrons. The zero-order chi connectivity index (χ0) is 23.8. The Bertz CT molecular complexity index is 1070. The van der Waals surface area contributed by atoms with E-state index in [1.54, 1.807) is 0 Å². The molecule has 3 aliphatic rings. The molecule has 2 unspecified atom stereocenters. The molecule has 2 amide bonds. The number of ether oxygens (including phenoxy) is 1. The van der Waals surface area contributed by atoms with Crippen LogP contribution in [0.2, 0.25) is 0 Å². The van der Waals surface area contributed by atoms with Crippen molar-refractivity contribution in [1.29, 1.82) is 0 Å². The molecule has 1 heterocycles. The summed E-state index contributed by atoms with van der Waals surface area (Å²) in [6.45, 7) is 0.189. The lowest BCUT2D eigenvalue weighted by Crippen LogP contribution is -2.49. The van der Waals surface area contributed by atoms with Gasteiger partial charge < -0.3 is 25.2 Å². The third-order valence-corrected chi connectivity index (χ3v) is 7.33. The number of carboxylic acids is 1. The van der Waals surface area contributed by atoms with Crippen LogP contribution in [0.3, 0.4) is 0 Å². The maximum absolute atomic E-state index is 13.1. The molecule has 1 saturated carbocycles. The van der Waals surface area contributed by atoms with Gasteiger partial charge in [-0.3, -0.25) is 4.79 Å². The highest BCUT2D eigenvalue weighted by atomic mass is 16.5. The maximum Gasteiger partial charge on any atom is 0.407 e. The number of hydrogen-bond donors (Lipinski definition) is 3. The van der Waals surface area contributed by atoms with E-state index in [0.717, 1.165) is 28.7 Å². The van der Waals surface area contributed by atoms with E-state index in [4.69, 9.17) is 4.74 Å². The van der Waals surface area contributed by atoms with Crippen LogP contribution in [0.15, 0.2) is 48.5 Å². The van der Waals surface area contributed by atoms with Crippen molar-refractivity contribution in [3.63, 3.8) is 0 Å². The molecule has 5 rings (SSSR count). The number of amides is 2. The molecule has 8 nitrogen and oxygen atoms in total. The average molecular weight is 465 g/mol. The van der Waals surface area contributed by atoms with Gasteiger partial charge in [0.25, 0.3) is 0 Å². The van der Waals surface area contributed by atoms with E-state index in [-0.39, 0.29) is 31.4 Å². The fourth-order valence-corrected chi connectivity index (χ4v) is 5.72. The van der Waals surface area contributed by atoms with Gasteiger partial charge in [0.1, 0.15) is 12.6 Å². The first-order valence-corrected chi connectivity index (χ1v) is 11.8. The highest BCUT2D eigenvalue weighted by molar-refractivity contribution is 5.87. The first-order valence-electron chi connectivity index (χ1n) is 11.8. The van der Waals surface area contributed by atoms with E-state index in [9.17, 15) is 24.6 Å². The standard InChI is InChI=1S/C26H28N2O6/c29-15-12-23(25(31)32)28(13-15)24(30)20-10-5-11-22(20)27-26(33)34-14-21-18-8-3-1-6-16(18)17-7-2-4-9-19(17)21/h1-4,6-9,15,20-23,29H,5,10-14H2,(H,27,33)(H,31,32)/t15-,20?,22?,23+/m1/s1. The van der Waals surface area contributed by atoms with Crippen LogP contribution < -0.4 is 5.32 Å². The Morgan fingerprint density at radius 2 is 1.65 bits per heavy atom. The highest BCUT2D eigenvalue weighted by Crippen LogP contribution is 2.44. The second-order valence-corrected chi connectivity index (χ2v) is 9.35. The first kappa shape index (κ1) is 22.4. The Morgan fingerprint density at radius 3 is 2.29 bits per heavy atom. The number of hydrogen-bond acceptors (Lipinski definition) is 5. The first-order chi connectivity index (χ1) is 16.4. The minimum Gasteiger partial charge on any atom is -0.480 e. The number of carboxylic acid groups (broad SMARTS) is 1. The average Bonchev–Trinajstić information content (AvgIpc) is 3.53. The maximum atomic E-state index is 13.1. The molecule has 0 aromatic heterocycles. The number of rotatable bonds is 5. The summed E-state index contributed by atoms with van der Waals surface area (Å²) in [7, 11) is 0. The van der Waals surface area contributed by atoms with Crippen molar-refractivity contribution in [3.05, 3.63) is 59.7 Å². The minimum atomic E-state index is -1.12. The lowest BCUT2D eigenvalue weighted by atomic mass is 9.98. The predicted molar refractivity (Wildman–Crippen MR) is 123 cm³/mol. The molecular formula is C26H28N2O6. The Labute approximate surface area is 197 Å². The van der Waals surface area contributed by atoms with E-state index in [1.165, 1.54) is 4.90 Å². The zero-order valence-electron chi connectivity index (χ0n) is 18.7. The number of β-amino-alcohol motifs (C(OH)–C–C–N with tert-alkyl or cyclic N) is 1. The van der Waals surface area contributed by atoms with Crippen molar-refractivity contribution in [2.75, 3.05) is 13.2 Å². The van der Waals surface area contributed by atoms with Crippen molar-refractivity contribution in [1.82, 2.24) is 10.2 Å². The Hall–Kier alpha value is -3.39. The van der Waals surface area contributed by atoms with Gasteiger partial charge in [0.2, 0.25) is 5.91 Å². The fourth-order valence-electron chi connectivity index (χ4n) is 5.72. The third-order valence-electron chi connectivity index (χ3n) is 7.33. The molecule has 2 aliphatic carbocycles. The van der Waals surface area contributed by atoms with Crippen LogP contribution in [0, 0.1) is 5.92 Å². The summed E-state index contributed by atoms with van der Waals surface area (Å²) in [6, 6.07) is 14.7. The van der Waals surface area contributed by atoms with Crippen LogP contribution in [0.4, 0.5) is 4.79 Å². The van der Waals surface area contributed by atoms with Gasteiger partial charge in [-0.1, -0.05) is 55.0 Å². The number of aliphatic hydroxyl groups is 1. The fraction of sp³-hybridized carbons (Fsp3) is 0.423.